The predicted molar refractivity (Wildman–Crippen MR) is 53.9 cm³/mol. The molecule has 0 aliphatic carbocycles. The lowest BCUT2D eigenvalue weighted by Gasteiger charge is -1.92. The van der Waals surface area contributed by atoms with E-state index in [0.29, 0.717) is 6.61 Å². The monoisotopic (exact) mass is 207 g/mol. The quantitative estimate of drug-likeness (QED) is 0.769. The van der Waals surface area contributed by atoms with Crippen molar-refractivity contribution in [3.8, 4) is 10.7 Å². The van der Waals surface area contributed by atoms with Crippen LogP contribution in [-0.2, 0) is 11.3 Å². The SMILES string of the molecule is COCc1csc(-c2cnccn2)n1. The molecular weight excluding hydrogens is 198 g/mol. The second-order valence-corrected chi connectivity index (χ2v) is 3.53. The highest BCUT2D eigenvalue weighted by Gasteiger charge is 2.04. The van der Waals surface area contributed by atoms with E-state index in [9.17, 15) is 0 Å². The van der Waals surface area contributed by atoms with Crippen LogP contribution >= 0.6 is 11.3 Å². The summed E-state index contributed by atoms with van der Waals surface area (Å²) in [5, 5.41) is 2.85. The van der Waals surface area contributed by atoms with Crippen molar-refractivity contribution in [2.24, 2.45) is 0 Å². The van der Waals surface area contributed by atoms with Crippen molar-refractivity contribution in [1.82, 2.24) is 15.0 Å². The fourth-order valence-electron chi connectivity index (χ4n) is 1.05. The molecule has 0 unspecified atom stereocenters. The number of rotatable bonds is 3. The van der Waals surface area contributed by atoms with Gasteiger partial charge in [-0.15, -0.1) is 11.3 Å². The molecule has 0 aromatic carbocycles. The third-order valence-corrected chi connectivity index (χ3v) is 2.54. The van der Waals surface area contributed by atoms with Gasteiger partial charge < -0.3 is 4.74 Å². The molecule has 4 nitrogen and oxygen atoms in total. The summed E-state index contributed by atoms with van der Waals surface area (Å²) < 4.78 is 4.99. The molecule has 2 rings (SSSR count). The first-order valence-corrected chi connectivity index (χ1v) is 4.98. The topological polar surface area (TPSA) is 47.9 Å². The zero-order valence-electron chi connectivity index (χ0n) is 7.67. The van der Waals surface area contributed by atoms with Crippen LogP contribution in [0, 0.1) is 0 Å². The zero-order valence-corrected chi connectivity index (χ0v) is 8.49. The summed E-state index contributed by atoms with van der Waals surface area (Å²) >= 11 is 1.55. The van der Waals surface area contributed by atoms with Gasteiger partial charge in [-0.2, -0.15) is 0 Å². The maximum Gasteiger partial charge on any atom is 0.143 e. The Hall–Kier alpha value is -1.33. The van der Waals surface area contributed by atoms with E-state index in [-0.39, 0.29) is 0 Å². The maximum absolute atomic E-state index is 4.99. The first kappa shape index (κ1) is 9.23. The van der Waals surface area contributed by atoms with Gasteiger partial charge in [-0.05, 0) is 0 Å². The molecule has 0 saturated heterocycles. The van der Waals surface area contributed by atoms with E-state index in [1.807, 2.05) is 5.38 Å². The highest BCUT2D eigenvalue weighted by molar-refractivity contribution is 7.13. The summed E-state index contributed by atoms with van der Waals surface area (Å²) in [7, 11) is 1.65. The molecular formula is C9H9N3OS. The fraction of sp³-hybridized carbons (Fsp3) is 0.222. The van der Waals surface area contributed by atoms with Crippen LogP contribution < -0.4 is 0 Å². The summed E-state index contributed by atoms with van der Waals surface area (Å²) in [4.78, 5) is 12.5. The molecule has 72 valence electrons. The van der Waals surface area contributed by atoms with Crippen molar-refractivity contribution in [2.45, 2.75) is 6.61 Å². The minimum Gasteiger partial charge on any atom is -0.378 e. The summed E-state index contributed by atoms with van der Waals surface area (Å²) in [5.41, 5.74) is 1.73. The number of hydrogen-bond donors (Lipinski definition) is 0. The molecule has 0 atom stereocenters. The number of methoxy groups -OCH3 is 1. The Morgan fingerprint density at radius 3 is 3.07 bits per heavy atom. The highest BCUT2D eigenvalue weighted by Crippen LogP contribution is 2.20. The number of hydrogen-bond acceptors (Lipinski definition) is 5. The van der Waals surface area contributed by atoms with Crippen molar-refractivity contribution in [3.63, 3.8) is 0 Å². The van der Waals surface area contributed by atoms with Crippen molar-refractivity contribution in [2.75, 3.05) is 7.11 Å². The van der Waals surface area contributed by atoms with E-state index >= 15 is 0 Å². The lowest BCUT2D eigenvalue weighted by molar-refractivity contribution is 0.182. The lowest BCUT2D eigenvalue weighted by Crippen LogP contribution is -1.88. The Labute approximate surface area is 85.6 Å². The molecule has 2 heterocycles. The van der Waals surface area contributed by atoms with Crippen molar-refractivity contribution in [1.29, 1.82) is 0 Å². The Bertz CT molecular complexity index is 401. The summed E-state index contributed by atoms with van der Waals surface area (Å²) in [6, 6.07) is 0. The van der Waals surface area contributed by atoms with Crippen molar-refractivity contribution < 1.29 is 4.74 Å². The Kier molecular flexibility index (Phi) is 2.81. The van der Waals surface area contributed by atoms with E-state index in [1.165, 1.54) is 0 Å². The summed E-state index contributed by atoms with van der Waals surface area (Å²) in [5.74, 6) is 0. The largest absolute Gasteiger partial charge is 0.378 e. The van der Waals surface area contributed by atoms with Gasteiger partial charge in [0.2, 0.25) is 0 Å². The minimum atomic E-state index is 0.538. The first-order valence-electron chi connectivity index (χ1n) is 4.10. The average molecular weight is 207 g/mol. The van der Waals surface area contributed by atoms with Gasteiger partial charge in [-0.1, -0.05) is 0 Å². The molecule has 5 heteroatoms. The molecule has 0 N–H and O–H groups in total. The third-order valence-electron chi connectivity index (χ3n) is 1.63. The second kappa shape index (κ2) is 4.26. The molecule has 14 heavy (non-hydrogen) atoms. The van der Waals surface area contributed by atoms with Crippen LogP contribution in [-0.4, -0.2) is 22.1 Å². The van der Waals surface area contributed by atoms with Gasteiger partial charge in [-0.3, -0.25) is 9.97 Å². The normalized spacial score (nSPS) is 10.4. The van der Waals surface area contributed by atoms with E-state index in [1.54, 1.807) is 37.0 Å². The highest BCUT2D eigenvalue weighted by atomic mass is 32.1. The molecule has 0 bridgehead atoms. The van der Waals surface area contributed by atoms with Gasteiger partial charge in [0.15, 0.2) is 0 Å². The standard InChI is InChI=1S/C9H9N3OS/c1-13-5-7-6-14-9(12-7)8-4-10-2-3-11-8/h2-4,6H,5H2,1H3. The van der Waals surface area contributed by atoms with Crippen LogP contribution in [0.5, 0.6) is 0 Å². The van der Waals surface area contributed by atoms with E-state index in [0.717, 1.165) is 16.4 Å². The minimum absolute atomic E-state index is 0.538. The van der Waals surface area contributed by atoms with Crippen LogP contribution in [0.25, 0.3) is 10.7 Å². The molecule has 0 radical (unpaired) electrons. The molecule has 0 aliphatic heterocycles. The van der Waals surface area contributed by atoms with Crippen LogP contribution in [0.3, 0.4) is 0 Å². The van der Waals surface area contributed by atoms with Gasteiger partial charge in [0, 0.05) is 24.9 Å². The molecule has 0 spiro atoms. The summed E-state index contributed by atoms with van der Waals surface area (Å²) in [6.45, 7) is 0.538. The Balaban J connectivity index is 2.25. The van der Waals surface area contributed by atoms with Crippen LogP contribution in [0.15, 0.2) is 24.0 Å². The van der Waals surface area contributed by atoms with Gasteiger partial charge in [0.1, 0.15) is 10.7 Å². The molecule has 0 aliphatic rings. The Morgan fingerprint density at radius 1 is 1.43 bits per heavy atom. The zero-order chi connectivity index (χ0) is 9.80. The second-order valence-electron chi connectivity index (χ2n) is 2.67. The Morgan fingerprint density at radius 2 is 2.36 bits per heavy atom. The van der Waals surface area contributed by atoms with E-state index in [4.69, 9.17) is 4.74 Å². The summed E-state index contributed by atoms with van der Waals surface area (Å²) in [6.07, 6.45) is 5.01. The number of ether oxygens (including phenoxy) is 1. The fourth-order valence-corrected chi connectivity index (χ4v) is 1.81. The van der Waals surface area contributed by atoms with Crippen molar-refractivity contribution >= 4 is 11.3 Å². The van der Waals surface area contributed by atoms with Crippen molar-refractivity contribution in [3.05, 3.63) is 29.7 Å². The van der Waals surface area contributed by atoms with Gasteiger partial charge in [0.25, 0.3) is 0 Å². The molecule has 2 aromatic heterocycles. The molecule has 0 fully saturated rings. The van der Waals surface area contributed by atoms with Gasteiger partial charge in [-0.25, -0.2) is 4.98 Å². The number of thiazole rings is 1. The number of aromatic nitrogens is 3. The van der Waals surface area contributed by atoms with Crippen LogP contribution in [0.4, 0.5) is 0 Å². The predicted octanol–water partition coefficient (Wildman–Crippen LogP) is 1.75. The average Bonchev–Trinajstić information content (AvgIpc) is 2.68. The van der Waals surface area contributed by atoms with Crippen LogP contribution in [0.2, 0.25) is 0 Å². The third kappa shape index (κ3) is 1.94. The smallest absolute Gasteiger partial charge is 0.143 e. The van der Waals surface area contributed by atoms with E-state index < -0.39 is 0 Å². The first-order chi connectivity index (χ1) is 6.90. The molecule has 0 saturated carbocycles. The van der Waals surface area contributed by atoms with Gasteiger partial charge in [0.05, 0.1) is 18.5 Å². The number of nitrogens with zero attached hydrogens (tertiary/aromatic N) is 3. The molecule has 0 amide bonds. The van der Waals surface area contributed by atoms with Crippen LogP contribution in [0.1, 0.15) is 5.69 Å². The lowest BCUT2D eigenvalue weighted by atomic mass is 10.4. The van der Waals surface area contributed by atoms with Gasteiger partial charge >= 0.3 is 0 Å². The van der Waals surface area contributed by atoms with E-state index in [2.05, 4.69) is 15.0 Å². The molecule has 2 aromatic rings. The maximum atomic E-state index is 4.99.